The molecular weight excluding hydrogens is 288 g/mol. The molecule has 0 saturated heterocycles. The molecule has 1 aliphatic carbocycles. The Balaban J connectivity index is 2.03. The third kappa shape index (κ3) is 2.81. The molecule has 21 heavy (non-hydrogen) atoms. The topological polar surface area (TPSA) is 66.0 Å². The average Bonchev–Trinajstić information content (AvgIpc) is 2.85. The first-order chi connectivity index (χ1) is 10.0. The number of rotatable bonds is 2. The molecule has 1 heterocycles. The minimum absolute atomic E-state index is 0.173. The van der Waals surface area contributed by atoms with Crippen LogP contribution in [-0.2, 0) is 0 Å². The van der Waals surface area contributed by atoms with Gasteiger partial charge in [0.25, 0.3) is 5.56 Å². The van der Waals surface area contributed by atoms with Crippen LogP contribution in [0.5, 0.6) is 5.88 Å². The van der Waals surface area contributed by atoms with Crippen LogP contribution in [0.2, 0.25) is 5.02 Å². The van der Waals surface area contributed by atoms with E-state index in [9.17, 15) is 9.90 Å². The van der Waals surface area contributed by atoms with Gasteiger partial charge < -0.3 is 10.1 Å². The van der Waals surface area contributed by atoms with E-state index in [2.05, 4.69) is 16.9 Å². The third-order valence-electron chi connectivity index (χ3n) is 4.11. The van der Waals surface area contributed by atoms with E-state index in [4.69, 9.17) is 11.6 Å². The molecule has 2 unspecified atom stereocenters. The van der Waals surface area contributed by atoms with Gasteiger partial charge in [0.15, 0.2) is 0 Å². The maximum absolute atomic E-state index is 12.3. The van der Waals surface area contributed by atoms with Crippen LogP contribution < -0.4 is 5.56 Å². The van der Waals surface area contributed by atoms with Crippen molar-refractivity contribution in [3.8, 4) is 17.0 Å². The molecule has 110 valence electrons. The summed E-state index contributed by atoms with van der Waals surface area (Å²) in [6.07, 6.45) is 3.13. The molecule has 5 heteroatoms. The number of hydrogen-bond donors (Lipinski definition) is 2. The van der Waals surface area contributed by atoms with E-state index in [0.29, 0.717) is 22.3 Å². The van der Waals surface area contributed by atoms with Crippen molar-refractivity contribution in [3.05, 3.63) is 45.5 Å². The summed E-state index contributed by atoms with van der Waals surface area (Å²) in [6.45, 7) is 2.19. The van der Waals surface area contributed by atoms with Gasteiger partial charge in [-0.25, -0.2) is 0 Å². The first kappa shape index (κ1) is 14.1. The predicted molar refractivity (Wildman–Crippen MR) is 82.7 cm³/mol. The molecule has 0 radical (unpaired) electrons. The summed E-state index contributed by atoms with van der Waals surface area (Å²) in [5, 5.41) is 10.7. The Hall–Kier alpha value is -1.81. The van der Waals surface area contributed by atoms with E-state index in [0.717, 1.165) is 19.3 Å². The van der Waals surface area contributed by atoms with Crippen LogP contribution in [0.25, 0.3) is 11.1 Å². The monoisotopic (exact) mass is 304 g/mol. The normalized spacial score (nSPS) is 21.6. The summed E-state index contributed by atoms with van der Waals surface area (Å²) in [5.74, 6) is 1.23. The first-order valence-corrected chi connectivity index (χ1v) is 7.51. The van der Waals surface area contributed by atoms with Gasteiger partial charge in [0.05, 0.1) is 0 Å². The van der Waals surface area contributed by atoms with Gasteiger partial charge in [-0.05, 0) is 42.9 Å². The molecule has 4 nitrogen and oxygen atoms in total. The average molecular weight is 305 g/mol. The van der Waals surface area contributed by atoms with Crippen molar-refractivity contribution < 1.29 is 5.11 Å². The van der Waals surface area contributed by atoms with Crippen molar-refractivity contribution in [3.63, 3.8) is 0 Å². The van der Waals surface area contributed by atoms with E-state index in [1.165, 1.54) is 0 Å². The zero-order valence-electron chi connectivity index (χ0n) is 11.8. The number of aromatic nitrogens is 2. The maximum Gasteiger partial charge on any atom is 0.262 e. The minimum atomic E-state index is -0.320. The SMILES string of the molecule is CC1CCC(c2nc(O)c(-c3cccc(Cl)c3)c(=O)[nH]2)C1. The minimum Gasteiger partial charge on any atom is -0.493 e. The molecule has 0 amide bonds. The first-order valence-electron chi connectivity index (χ1n) is 7.13. The Labute approximate surface area is 127 Å². The molecule has 2 atom stereocenters. The fourth-order valence-corrected chi connectivity index (χ4v) is 3.22. The predicted octanol–water partition coefficient (Wildman–Crippen LogP) is 3.70. The highest BCUT2D eigenvalue weighted by atomic mass is 35.5. The van der Waals surface area contributed by atoms with E-state index in [1.807, 2.05) is 0 Å². The van der Waals surface area contributed by atoms with E-state index < -0.39 is 0 Å². The quantitative estimate of drug-likeness (QED) is 0.889. The second-order valence-electron chi connectivity index (χ2n) is 5.78. The van der Waals surface area contributed by atoms with Crippen LogP contribution in [0, 0.1) is 5.92 Å². The molecule has 1 aliphatic rings. The number of aromatic amines is 1. The lowest BCUT2D eigenvalue weighted by Gasteiger charge is -2.11. The summed E-state index contributed by atoms with van der Waals surface area (Å²) >= 11 is 5.94. The third-order valence-corrected chi connectivity index (χ3v) is 4.35. The highest BCUT2D eigenvalue weighted by Crippen LogP contribution is 2.37. The lowest BCUT2D eigenvalue weighted by atomic mass is 10.0. The van der Waals surface area contributed by atoms with Gasteiger partial charge >= 0.3 is 0 Å². The molecule has 1 aromatic carbocycles. The highest BCUT2D eigenvalue weighted by Gasteiger charge is 2.26. The Morgan fingerprint density at radius 1 is 1.38 bits per heavy atom. The second kappa shape index (κ2) is 5.53. The summed E-state index contributed by atoms with van der Waals surface area (Å²) in [4.78, 5) is 19.4. The van der Waals surface area contributed by atoms with Gasteiger partial charge in [0, 0.05) is 10.9 Å². The lowest BCUT2D eigenvalue weighted by molar-refractivity contribution is 0.445. The summed E-state index contributed by atoms with van der Waals surface area (Å²) in [6, 6.07) is 6.83. The van der Waals surface area contributed by atoms with Gasteiger partial charge in [0.2, 0.25) is 5.88 Å². The van der Waals surface area contributed by atoms with Gasteiger partial charge in [-0.1, -0.05) is 30.7 Å². The van der Waals surface area contributed by atoms with Gasteiger partial charge in [0.1, 0.15) is 11.4 Å². The van der Waals surface area contributed by atoms with Crippen LogP contribution in [0.1, 0.15) is 37.9 Å². The summed E-state index contributed by atoms with van der Waals surface area (Å²) in [7, 11) is 0. The number of aromatic hydroxyl groups is 1. The number of halogens is 1. The standard InChI is InChI=1S/C16H17ClN2O2/c1-9-5-6-11(7-9)14-18-15(20)13(16(21)19-14)10-3-2-4-12(17)8-10/h2-4,8-9,11H,5-7H2,1H3,(H2,18,19,20,21). The van der Waals surface area contributed by atoms with Crippen LogP contribution in [0.15, 0.2) is 29.1 Å². The Kier molecular flexibility index (Phi) is 3.72. The molecular formula is C16H17ClN2O2. The van der Waals surface area contributed by atoms with Gasteiger partial charge in [-0.15, -0.1) is 0 Å². The van der Waals surface area contributed by atoms with Gasteiger partial charge in [-0.3, -0.25) is 4.79 Å². The maximum atomic E-state index is 12.3. The van der Waals surface area contributed by atoms with E-state index in [1.54, 1.807) is 24.3 Å². The number of hydrogen-bond acceptors (Lipinski definition) is 3. The Morgan fingerprint density at radius 3 is 2.81 bits per heavy atom. The van der Waals surface area contributed by atoms with Crippen molar-refractivity contribution in [2.75, 3.05) is 0 Å². The molecule has 2 aromatic rings. The van der Waals surface area contributed by atoms with Crippen LogP contribution in [-0.4, -0.2) is 15.1 Å². The Morgan fingerprint density at radius 2 is 2.19 bits per heavy atom. The molecule has 2 N–H and O–H groups in total. The van der Waals surface area contributed by atoms with Crippen molar-refractivity contribution in [1.82, 2.24) is 9.97 Å². The highest BCUT2D eigenvalue weighted by molar-refractivity contribution is 6.30. The number of nitrogens with one attached hydrogen (secondary N) is 1. The van der Waals surface area contributed by atoms with Crippen molar-refractivity contribution >= 4 is 11.6 Å². The van der Waals surface area contributed by atoms with E-state index >= 15 is 0 Å². The van der Waals surface area contributed by atoms with Crippen molar-refractivity contribution in [2.45, 2.75) is 32.1 Å². The molecule has 3 rings (SSSR count). The van der Waals surface area contributed by atoms with Crippen molar-refractivity contribution in [2.24, 2.45) is 5.92 Å². The van der Waals surface area contributed by atoms with Gasteiger partial charge in [-0.2, -0.15) is 4.98 Å². The second-order valence-corrected chi connectivity index (χ2v) is 6.21. The summed E-state index contributed by atoms with van der Waals surface area (Å²) < 4.78 is 0. The summed E-state index contributed by atoms with van der Waals surface area (Å²) in [5.41, 5.74) is 0.423. The van der Waals surface area contributed by atoms with E-state index in [-0.39, 0.29) is 22.9 Å². The molecule has 1 aromatic heterocycles. The molecule has 1 saturated carbocycles. The molecule has 0 bridgehead atoms. The van der Waals surface area contributed by atoms with Crippen LogP contribution in [0.3, 0.4) is 0 Å². The fourth-order valence-electron chi connectivity index (χ4n) is 3.03. The largest absolute Gasteiger partial charge is 0.493 e. The zero-order valence-corrected chi connectivity index (χ0v) is 12.5. The molecule has 0 spiro atoms. The van der Waals surface area contributed by atoms with Crippen LogP contribution >= 0.6 is 11.6 Å². The smallest absolute Gasteiger partial charge is 0.262 e. The fraction of sp³-hybridized carbons (Fsp3) is 0.375. The van der Waals surface area contributed by atoms with Crippen LogP contribution in [0.4, 0.5) is 0 Å². The zero-order chi connectivity index (χ0) is 15.0. The molecule has 1 fully saturated rings. The number of H-pyrrole nitrogens is 1. The number of nitrogens with zero attached hydrogens (tertiary/aromatic N) is 1. The Bertz CT molecular complexity index is 726. The molecule has 0 aliphatic heterocycles. The van der Waals surface area contributed by atoms with Crippen molar-refractivity contribution in [1.29, 1.82) is 0 Å². The number of benzene rings is 1. The lowest BCUT2D eigenvalue weighted by Crippen LogP contribution is -2.15.